The molecule has 1 atom stereocenters. The van der Waals surface area contributed by atoms with Crippen LogP contribution in [0.4, 0.5) is 0 Å². The van der Waals surface area contributed by atoms with Crippen LogP contribution in [0.3, 0.4) is 0 Å². The summed E-state index contributed by atoms with van der Waals surface area (Å²) in [4.78, 5) is 0. The summed E-state index contributed by atoms with van der Waals surface area (Å²) in [6.07, 6.45) is 2.32. The first-order valence-corrected chi connectivity index (χ1v) is 4.64. The van der Waals surface area contributed by atoms with Gasteiger partial charge in [-0.05, 0) is 13.3 Å². The van der Waals surface area contributed by atoms with E-state index in [1.807, 2.05) is 0 Å². The Kier molecular flexibility index (Phi) is 1.67. The number of aryl methyl sites for hydroxylation is 1. The lowest BCUT2D eigenvalue weighted by atomic mass is 10.2. The average molecular weight is 165 g/mol. The quantitative estimate of drug-likeness (QED) is 0.636. The molecule has 1 aromatic heterocycles. The standard InChI is InChI=1S/C9H15N3/c1-6(2)9-11-10-8-5-4-7(3)12(8)9/h6-7H,4-5H2,1-3H3. The molecule has 0 fully saturated rings. The van der Waals surface area contributed by atoms with Crippen LogP contribution >= 0.6 is 0 Å². The topological polar surface area (TPSA) is 30.7 Å². The molecule has 0 N–H and O–H groups in total. The zero-order chi connectivity index (χ0) is 8.72. The second-order valence-corrected chi connectivity index (χ2v) is 3.89. The molecule has 12 heavy (non-hydrogen) atoms. The van der Waals surface area contributed by atoms with Crippen molar-refractivity contribution in [2.45, 2.75) is 45.6 Å². The van der Waals surface area contributed by atoms with Crippen molar-refractivity contribution in [2.75, 3.05) is 0 Å². The maximum Gasteiger partial charge on any atom is 0.135 e. The van der Waals surface area contributed by atoms with Crippen molar-refractivity contribution in [2.24, 2.45) is 0 Å². The number of aromatic nitrogens is 3. The van der Waals surface area contributed by atoms with E-state index >= 15 is 0 Å². The predicted octanol–water partition coefficient (Wildman–Crippen LogP) is 1.91. The number of fused-ring (bicyclic) bond motifs is 1. The molecule has 0 bridgehead atoms. The van der Waals surface area contributed by atoms with Crippen molar-refractivity contribution in [1.29, 1.82) is 0 Å². The Morgan fingerprint density at radius 2 is 2.17 bits per heavy atom. The smallest absolute Gasteiger partial charge is 0.135 e. The zero-order valence-electron chi connectivity index (χ0n) is 7.91. The van der Waals surface area contributed by atoms with E-state index in [0.29, 0.717) is 12.0 Å². The molecule has 0 saturated carbocycles. The Hall–Kier alpha value is -0.860. The molecule has 3 heteroatoms. The van der Waals surface area contributed by atoms with E-state index in [-0.39, 0.29) is 0 Å². The Bertz CT molecular complexity index is 288. The molecular weight excluding hydrogens is 150 g/mol. The van der Waals surface area contributed by atoms with Gasteiger partial charge in [-0.1, -0.05) is 13.8 Å². The van der Waals surface area contributed by atoms with E-state index in [1.54, 1.807) is 0 Å². The van der Waals surface area contributed by atoms with Crippen molar-refractivity contribution in [3.63, 3.8) is 0 Å². The zero-order valence-corrected chi connectivity index (χ0v) is 7.91. The van der Waals surface area contributed by atoms with E-state index in [9.17, 15) is 0 Å². The lowest BCUT2D eigenvalue weighted by Crippen LogP contribution is -2.06. The monoisotopic (exact) mass is 165 g/mol. The van der Waals surface area contributed by atoms with Crippen LogP contribution in [0.5, 0.6) is 0 Å². The first-order valence-electron chi connectivity index (χ1n) is 4.64. The largest absolute Gasteiger partial charge is 0.312 e. The second kappa shape index (κ2) is 2.57. The van der Waals surface area contributed by atoms with Crippen LogP contribution in [0.25, 0.3) is 0 Å². The lowest BCUT2D eigenvalue weighted by Gasteiger charge is -2.11. The normalized spacial score (nSPS) is 21.8. The molecule has 1 aliphatic heterocycles. The van der Waals surface area contributed by atoms with Gasteiger partial charge in [0.15, 0.2) is 0 Å². The molecule has 2 rings (SSSR count). The van der Waals surface area contributed by atoms with Crippen molar-refractivity contribution in [3.8, 4) is 0 Å². The van der Waals surface area contributed by atoms with E-state index in [1.165, 1.54) is 12.2 Å². The van der Waals surface area contributed by atoms with Gasteiger partial charge < -0.3 is 4.57 Å². The highest BCUT2D eigenvalue weighted by molar-refractivity contribution is 5.06. The Balaban J connectivity index is 2.46. The SMILES string of the molecule is CC(C)c1nnc2n1C(C)CC2. The van der Waals surface area contributed by atoms with Crippen LogP contribution in [0, 0.1) is 0 Å². The summed E-state index contributed by atoms with van der Waals surface area (Å²) in [7, 11) is 0. The van der Waals surface area contributed by atoms with E-state index < -0.39 is 0 Å². The first kappa shape index (κ1) is 7.77. The average Bonchev–Trinajstić information content (AvgIpc) is 2.53. The third-order valence-electron chi connectivity index (χ3n) is 2.54. The molecule has 0 spiro atoms. The van der Waals surface area contributed by atoms with Crippen LogP contribution in [0.15, 0.2) is 0 Å². The molecular formula is C9H15N3. The summed E-state index contributed by atoms with van der Waals surface area (Å²) in [5, 5.41) is 8.38. The van der Waals surface area contributed by atoms with Gasteiger partial charge in [0, 0.05) is 18.4 Å². The predicted molar refractivity (Wildman–Crippen MR) is 47.1 cm³/mol. The Morgan fingerprint density at radius 3 is 2.83 bits per heavy atom. The first-order chi connectivity index (χ1) is 5.70. The molecule has 0 aliphatic carbocycles. The van der Waals surface area contributed by atoms with Gasteiger partial charge in [0.1, 0.15) is 11.6 Å². The summed E-state index contributed by atoms with van der Waals surface area (Å²) in [6.45, 7) is 6.58. The van der Waals surface area contributed by atoms with Gasteiger partial charge in [0.25, 0.3) is 0 Å². The maximum atomic E-state index is 4.20. The number of rotatable bonds is 1. The molecule has 1 unspecified atom stereocenters. The van der Waals surface area contributed by atoms with E-state index in [4.69, 9.17) is 0 Å². The highest BCUT2D eigenvalue weighted by Crippen LogP contribution is 2.28. The van der Waals surface area contributed by atoms with Crippen LogP contribution in [-0.4, -0.2) is 14.8 Å². The summed E-state index contributed by atoms with van der Waals surface area (Å²) in [6, 6.07) is 0.604. The molecule has 2 heterocycles. The summed E-state index contributed by atoms with van der Waals surface area (Å²) >= 11 is 0. The third kappa shape index (κ3) is 0.958. The van der Waals surface area contributed by atoms with Gasteiger partial charge in [-0.25, -0.2) is 0 Å². The minimum Gasteiger partial charge on any atom is -0.312 e. The van der Waals surface area contributed by atoms with E-state index in [2.05, 4.69) is 35.5 Å². The highest BCUT2D eigenvalue weighted by Gasteiger charge is 2.24. The van der Waals surface area contributed by atoms with Gasteiger partial charge in [0.2, 0.25) is 0 Å². The maximum absolute atomic E-state index is 4.20. The van der Waals surface area contributed by atoms with Crippen LogP contribution < -0.4 is 0 Å². The molecule has 0 amide bonds. The Morgan fingerprint density at radius 1 is 1.42 bits per heavy atom. The lowest BCUT2D eigenvalue weighted by molar-refractivity contribution is 0.536. The van der Waals surface area contributed by atoms with E-state index in [0.717, 1.165) is 12.2 Å². The summed E-state index contributed by atoms with van der Waals surface area (Å²) in [5.74, 6) is 2.81. The van der Waals surface area contributed by atoms with Crippen LogP contribution in [0.2, 0.25) is 0 Å². The number of nitrogens with zero attached hydrogens (tertiary/aromatic N) is 3. The van der Waals surface area contributed by atoms with Gasteiger partial charge in [0.05, 0.1) is 0 Å². The second-order valence-electron chi connectivity index (χ2n) is 3.89. The van der Waals surface area contributed by atoms with Crippen molar-refractivity contribution in [3.05, 3.63) is 11.6 Å². The third-order valence-corrected chi connectivity index (χ3v) is 2.54. The van der Waals surface area contributed by atoms with Gasteiger partial charge in [-0.15, -0.1) is 10.2 Å². The molecule has 66 valence electrons. The Labute approximate surface area is 72.8 Å². The van der Waals surface area contributed by atoms with Crippen molar-refractivity contribution < 1.29 is 0 Å². The highest BCUT2D eigenvalue weighted by atomic mass is 15.3. The molecule has 3 nitrogen and oxygen atoms in total. The minimum atomic E-state index is 0.492. The molecule has 0 radical (unpaired) electrons. The fourth-order valence-electron chi connectivity index (χ4n) is 1.85. The van der Waals surface area contributed by atoms with Crippen molar-refractivity contribution in [1.82, 2.24) is 14.8 Å². The van der Waals surface area contributed by atoms with Crippen LogP contribution in [-0.2, 0) is 6.42 Å². The number of hydrogen-bond donors (Lipinski definition) is 0. The molecule has 1 aromatic rings. The van der Waals surface area contributed by atoms with Gasteiger partial charge >= 0.3 is 0 Å². The van der Waals surface area contributed by atoms with Gasteiger partial charge in [-0.2, -0.15) is 0 Å². The van der Waals surface area contributed by atoms with Crippen molar-refractivity contribution >= 4 is 0 Å². The number of hydrogen-bond acceptors (Lipinski definition) is 2. The van der Waals surface area contributed by atoms with Crippen LogP contribution in [0.1, 0.15) is 50.8 Å². The molecule has 1 aliphatic rings. The minimum absolute atomic E-state index is 0.492. The fraction of sp³-hybridized carbons (Fsp3) is 0.778. The summed E-state index contributed by atoms with van der Waals surface area (Å²) in [5.41, 5.74) is 0. The molecule has 0 aromatic carbocycles. The fourth-order valence-corrected chi connectivity index (χ4v) is 1.85. The molecule has 0 saturated heterocycles. The summed E-state index contributed by atoms with van der Waals surface area (Å²) < 4.78 is 2.30. The van der Waals surface area contributed by atoms with Gasteiger partial charge in [-0.3, -0.25) is 0 Å².